The molecular formula is C12H18N2O4. The van der Waals surface area contributed by atoms with Crippen molar-refractivity contribution in [3.8, 4) is 0 Å². The molecule has 18 heavy (non-hydrogen) atoms. The summed E-state index contributed by atoms with van der Waals surface area (Å²) in [6.07, 6.45) is 0. The van der Waals surface area contributed by atoms with E-state index in [2.05, 4.69) is 4.98 Å². The molecule has 6 nitrogen and oxygen atoms in total. The van der Waals surface area contributed by atoms with Gasteiger partial charge in [0.25, 0.3) is 5.89 Å². The van der Waals surface area contributed by atoms with Gasteiger partial charge in [0, 0.05) is 7.05 Å². The maximum atomic E-state index is 12.1. The number of aromatic nitrogens is 1. The highest BCUT2D eigenvalue weighted by atomic mass is 16.4. The van der Waals surface area contributed by atoms with E-state index in [9.17, 15) is 9.59 Å². The predicted molar refractivity (Wildman–Crippen MR) is 64.3 cm³/mol. The Balaban J connectivity index is 2.99. The molecular weight excluding hydrogens is 236 g/mol. The summed E-state index contributed by atoms with van der Waals surface area (Å²) in [7, 11) is 1.44. The molecule has 1 atom stereocenters. The van der Waals surface area contributed by atoms with E-state index >= 15 is 0 Å². The van der Waals surface area contributed by atoms with Crippen molar-refractivity contribution in [3.05, 3.63) is 17.3 Å². The molecule has 1 amide bonds. The SMILES string of the molecule is Cc1nc(C(=O)N(C)C(C(=O)O)C(C)C)oc1C. The van der Waals surface area contributed by atoms with Crippen molar-refractivity contribution in [3.63, 3.8) is 0 Å². The van der Waals surface area contributed by atoms with Crippen LogP contribution in [0, 0.1) is 19.8 Å². The van der Waals surface area contributed by atoms with E-state index in [0.29, 0.717) is 11.5 Å². The lowest BCUT2D eigenvalue weighted by Gasteiger charge is -2.26. The van der Waals surface area contributed by atoms with Gasteiger partial charge in [-0.1, -0.05) is 13.8 Å². The number of hydrogen-bond donors (Lipinski definition) is 1. The lowest BCUT2D eigenvalue weighted by molar-refractivity contribution is -0.143. The molecule has 1 N–H and O–H groups in total. The molecule has 0 aliphatic heterocycles. The molecule has 0 bridgehead atoms. The summed E-state index contributed by atoms with van der Waals surface area (Å²) in [5, 5.41) is 9.12. The molecule has 0 fully saturated rings. The number of oxazole rings is 1. The first-order valence-electron chi connectivity index (χ1n) is 5.69. The highest BCUT2D eigenvalue weighted by Gasteiger charge is 2.32. The van der Waals surface area contributed by atoms with Gasteiger partial charge in [0.2, 0.25) is 0 Å². The topological polar surface area (TPSA) is 83.6 Å². The molecule has 1 heterocycles. The Bertz CT molecular complexity index is 445. The van der Waals surface area contributed by atoms with Crippen molar-refractivity contribution in [2.75, 3.05) is 7.05 Å². The third-order valence-electron chi connectivity index (χ3n) is 2.83. The van der Waals surface area contributed by atoms with E-state index in [0.717, 1.165) is 4.90 Å². The van der Waals surface area contributed by atoms with Crippen LogP contribution in [0.3, 0.4) is 0 Å². The first kappa shape index (κ1) is 14.2. The molecule has 6 heteroatoms. The van der Waals surface area contributed by atoms with Gasteiger partial charge in [-0.2, -0.15) is 0 Å². The van der Waals surface area contributed by atoms with Crippen LogP contribution in [0.5, 0.6) is 0 Å². The summed E-state index contributed by atoms with van der Waals surface area (Å²) in [4.78, 5) is 28.3. The van der Waals surface area contributed by atoms with E-state index in [-0.39, 0.29) is 11.8 Å². The third-order valence-corrected chi connectivity index (χ3v) is 2.83. The summed E-state index contributed by atoms with van der Waals surface area (Å²) >= 11 is 0. The van der Waals surface area contributed by atoms with Crippen molar-refractivity contribution in [1.82, 2.24) is 9.88 Å². The Morgan fingerprint density at radius 1 is 1.33 bits per heavy atom. The van der Waals surface area contributed by atoms with E-state index in [4.69, 9.17) is 9.52 Å². The second-order valence-corrected chi connectivity index (χ2v) is 4.60. The number of carbonyl (C=O) groups excluding carboxylic acids is 1. The lowest BCUT2D eigenvalue weighted by Crippen LogP contribution is -2.45. The van der Waals surface area contributed by atoms with Gasteiger partial charge in [-0.3, -0.25) is 4.79 Å². The number of carbonyl (C=O) groups is 2. The van der Waals surface area contributed by atoms with Crippen molar-refractivity contribution < 1.29 is 19.1 Å². The largest absolute Gasteiger partial charge is 0.480 e. The lowest BCUT2D eigenvalue weighted by atomic mass is 10.0. The molecule has 1 unspecified atom stereocenters. The van der Waals surface area contributed by atoms with Crippen LogP contribution >= 0.6 is 0 Å². The molecule has 1 rings (SSSR count). The van der Waals surface area contributed by atoms with Gasteiger partial charge in [0.05, 0.1) is 5.69 Å². The summed E-state index contributed by atoms with van der Waals surface area (Å²) in [6.45, 7) is 6.92. The van der Waals surface area contributed by atoms with E-state index in [1.165, 1.54) is 7.05 Å². The van der Waals surface area contributed by atoms with Crippen LogP contribution in [0.1, 0.15) is 36.0 Å². The number of amides is 1. The smallest absolute Gasteiger partial charge is 0.326 e. The summed E-state index contributed by atoms with van der Waals surface area (Å²) < 4.78 is 5.21. The van der Waals surface area contributed by atoms with E-state index in [1.807, 2.05) is 0 Å². The zero-order valence-corrected chi connectivity index (χ0v) is 11.2. The fourth-order valence-electron chi connectivity index (χ4n) is 1.74. The number of rotatable bonds is 4. The van der Waals surface area contributed by atoms with Gasteiger partial charge in [-0.15, -0.1) is 0 Å². The van der Waals surface area contributed by atoms with Gasteiger partial charge >= 0.3 is 11.9 Å². The quantitative estimate of drug-likeness (QED) is 0.879. The van der Waals surface area contributed by atoms with E-state index < -0.39 is 17.9 Å². The summed E-state index contributed by atoms with van der Waals surface area (Å²) in [6, 6.07) is -0.898. The standard InChI is InChI=1S/C12H18N2O4/c1-6(2)9(12(16)17)14(5)11(15)10-13-7(3)8(4)18-10/h6,9H,1-5H3,(H,16,17). The Morgan fingerprint density at radius 3 is 2.22 bits per heavy atom. The Hall–Kier alpha value is -1.85. The molecule has 0 aliphatic rings. The number of nitrogens with zero attached hydrogens (tertiary/aromatic N) is 2. The highest BCUT2D eigenvalue weighted by Crippen LogP contribution is 2.15. The van der Waals surface area contributed by atoms with Crippen LogP contribution in [0.25, 0.3) is 0 Å². The monoisotopic (exact) mass is 254 g/mol. The van der Waals surface area contributed by atoms with Crippen LogP contribution in [0.4, 0.5) is 0 Å². The fourth-order valence-corrected chi connectivity index (χ4v) is 1.74. The Morgan fingerprint density at radius 2 is 1.89 bits per heavy atom. The molecule has 0 radical (unpaired) electrons. The number of aliphatic carboxylic acids is 1. The maximum Gasteiger partial charge on any atom is 0.326 e. The zero-order chi connectivity index (χ0) is 14.0. The molecule has 0 saturated carbocycles. The highest BCUT2D eigenvalue weighted by molar-refractivity contribution is 5.92. The van der Waals surface area contributed by atoms with Crippen LogP contribution in [0.2, 0.25) is 0 Å². The van der Waals surface area contributed by atoms with Crippen LogP contribution in [0.15, 0.2) is 4.42 Å². The summed E-state index contributed by atoms with van der Waals surface area (Å²) in [5.74, 6) is -1.27. The number of carboxylic acid groups (broad SMARTS) is 1. The fraction of sp³-hybridized carbons (Fsp3) is 0.583. The minimum atomic E-state index is -1.04. The van der Waals surface area contributed by atoms with Gasteiger partial charge in [-0.25, -0.2) is 9.78 Å². The third kappa shape index (κ3) is 2.69. The second-order valence-electron chi connectivity index (χ2n) is 4.60. The minimum absolute atomic E-state index is 0.0700. The van der Waals surface area contributed by atoms with Crippen molar-refractivity contribution in [2.24, 2.45) is 5.92 Å². The van der Waals surface area contributed by atoms with Gasteiger partial charge in [-0.05, 0) is 19.8 Å². The molecule has 1 aromatic rings. The Labute approximate surface area is 106 Å². The molecule has 0 aromatic carbocycles. The van der Waals surface area contributed by atoms with E-state index in [1.54, 1.807) is 27.7 Å². The number of aryl methyl sites for hydroxylation is 2. The second kappa shape index (κ2) is 5.20. The van der Waals surface area contributed by atoms with Gasteiger partial charge in [0.1, 0.15) is 11.8 Å². The van der Waals surface area contributed by atoms with Gasteiger partial charge < -0.3 is 14.4 Å². The van der Waals surface area contributed by atoms with Crippen molar-refractivity contribution in [2.45, 2.75) is 33.7 Å². The van der Waals surface area contributed by atoms with Crippen molar-refractivity contribution in [1.29, 1.82) is 0 Å². The van der Waals surface area contributed by atoms with Gasteiger partial charge in [0.15, 0.2) is 0 Å². The number of carboxylic acids is 1. The average Bonchev–Trinajstić information content (AvgIpc) is 2.57. The maximum absolute atomic E-state index is 12.1. The summed E-state index contributed by atoms with van der Waals surface area (Å²) in [5.41, 5.74) is 0.628. The average molecular weight is 254 g/mol. The molecule has 100 valence electrons. The normalized spacial score (nSPS) is 12.6. The number of hydrogen-bond acceptors (Lipinski definition) is 4. The van der Waals surface area contributed by atoms with Crippen LogP contribution in [-0.4, -0.2) is 40.0 Å². The minimum Gasteiger partial charge on any atom is -0.480 e. The Kier molecular flexibility index (Phi) is 4.11. The van der Waals surface area contributed by atoms with Crippen molar-refractivity contribution >= 4 is 11.9 Å². The predicted octanol–water partition coefficient (Wildman–Crippen LogP) is 1.47. The molecule has 0 aliphatic carbocycles. The number of likely N-dealkylation sites (N-methyl/N-ethyl adjacent to an activating group) is 1. The molecule has 0 saturated heterocycles. The first-order valence-corrected chi connectivity index (χ1v) is 5.69. The molecule has 1 aromatic heterocycles. The van der Waals surface area contributed by atoms with Crippen LogP contribution in [-0.2, 0) is 4.79 Å². The van der Waals surface area contributed by atoms with Crippen LogP contribution < -0.4 is 0 Å². The zero-order valence-electron chi connectivity index (χ0n) is 11.2. The molecule has 0 spiro atoms. The first-order chi connectivity index (χ1) is 8.25.